The molecule has 1 aliphatic carbocycles. The van der Waals surface area contributed by atoms with Gasteiger partial charge in [-0.2, -0.15) is 5.26 Å². The summed E-state index contributed by atoms with van der Waals surface area (Å²) < 4.78 is 0. The van der Waals surface area contributed by atoms with E-state index in [2.05, 4.69) is 30.4 Å². The number of hydrogen-bond donors (Lipinski definition) is 1. The molecule has 2 rings (SSSR count). The maximum Gasteiger partial charge on any atom is 0.117 e. The van der Waals surface area contributed by atoms with Crippen LogP contribution in [0.15, 0.2) is 24.3 Å². The molecule has 0 amide bonds. The highest BCUT2D eigenvalue weighted by molar-refractivity contribution is 5.47. The largest absolute Gasteiger partial charge is 0.370 e. The molecule has 1 aliphatic rings. The van der Waals surface area contributed by atoms with Gasteiger partial charge in [-0.25, -0.2) is 0 Å². The van der Waals surface area contributed by atoms with E-state index in [0.29, 0.717) is 5.92 Å². The number of nitrogens with one attached hydrogen (secondary N) is 1. The summed E-state index contributed by atoms with van der Waals surface area (Å²) in [5.74, 6) is 0.551. The van der Waals surface area contributed by atoms with Crippen LogP contribution in [0.1, 0.15) is 24.8 Å². The lowest BCUT2D eigenvalue weighted by molar-refractivity contribution is 0.303. The molecule has 0 radical (unpaired) electrons. The Morgan fingerprint density at radius 2 is 2.27 bits per heavy atom. The van der Waals surface area contributed by atoms with Crippen LogP contribution in [0.3, 0.4) is 0 Å². The summed E-state index contributed by atoms with van der Waals surface area (Å²) in [6.45, 7) is 2.07. The number of rotatable bonds is 3. The van der Waals surface area contributed by atoms with Gasteiger partial charge in [-0.1, -0.05) is 18.6 Å². The third-order valence-electron chi connectivity index (χ3n) is 3.10. The van der Waals surface area contributed by atoms with Gasteiger partial charge in [-0.3, -0.25) is 0 Å². The van der Waals surface area contributed by atoms with Crippen LogP contribution < -0.4 is 5.32 Å². The van der Waals surface area contributed by atoms with Crippen molar-refractivity contribution in [1.82, 2.24) is 0 Å². The predicted octanol–water partition coefficient (Wildman–Crippen LogP) is 3.10. The molecule has 0 aliphatic heterocycles. The lowest BCUT2D eigenvalue weighted by Crippen LogP contribution is -2.32. The molecule has 15 heavy (non-hydrogen) atoms. The summed E-state index contributed by atoms with van der Waals surface area (Å²) in [7, 11) is 0. The highest BCUT2D eigenvalue weighted by Gasteiger charge is 2.26. The van der Waals surface area contributed by atoms with Crippen LogP contribution in [0.4, 0.5) is 5.69 Å². The van der Waals surface area contributed by atoms with Crippen LogP contribution in [-0.4, -0.2) is 6.04 Å². The van der Waals surface area contributed by atoms with Crippen molar-refractivity contribution in [3.8, 4) is 6.07 Å². The maximum absolute atomic E-state index is 9.08. The SMILES string of the molecule is Cc1cccc(NC(C#N)C2CCC2)c1. The van der Waals surface area contributed by atoms with E-state index in [4.69, 9.17) is 5.26 Å². The van der Waals surface area contributed by atoms with Gasteiger partial charge in [0.15, 0.2) is 0 Å². The average Bonchev–Trinajstić information content (AvgIpc) is 2.14. The monoisotopic (exact) mass is 200 g/mol. The van der Waals surface area contributed by atoms with Crippen LogP contribution >= 0.6 is 0 Å². The maximum atomic E-state index is 9.08. The minimum atomic E-state index is -0.0134. The summed E-state index contributed by atoms with van der Waals surface area (Å²) in [6, 6.07) is 10.5. The fourth-order valence-corrected chi connectivity index (χ4v) is 1.94. The number of benzene rings is 1. The van der Waals surface area contributed by atoms with Crippen molar-refractivity contribution in [2.45, 2.75) is 32.2 Å². The summed E-state index contributed by atoms with van der Waals surface area (Å²) >= 11 is 0. The molecular formula is C13H16N2. The first-order chi connectivity index (χ1) is 7.29. The lowest BCUT2D eigenvalue weighted by atomic mass is 9.80. The van der Waals surface area contributed by atoms with Gasteiger partial charge in [-0.05, 0) is 43.4 Å². The van der Waals surface area contributed by atoms with Gasteiger partial charge in [0.25, 0.3) is 0 Å². The Morgan fingerprint density at radius 1 is 1.47 bits per heavy atom. The average molecular weight is 200 g/mol. The molecule has 1 unspecified atom stereocenters. The first-order valence-electron chi connectivity index (χ1n) is 5.52. The molecule has 0 heterocycles. The van der Waals surface area contributed by atoms with Gasteiger partial charge in [-0.15, -0.1) is 0 Å². The van der Waals surface area contributed by atoms with Crippen molar-refractivity contribution in [3.63, 3.8) is 0 Å². The first kappa shape index (κ1) is 10.0. The fraction of sp³-hybridized carbons (Fsp3) is 0.462. The summed E-state index contributed by atoms with van der Waals surface area (Å²) in [5, 5.41) is 12.4. The van der Waals surface area contributed by atoms with Crippen LogP contribution in [0.2, 0.25) is 0 Å². The molecule has 1 N–H and O–H groups in total. The van der Waals surface area contributed by atoms with Crippen LogP contribution in [-0.2, 0) is 0 Å². The van der Waals surface area contributed by atoms with Gasteiger partial charge in [0.2, 0.25) is 0 Å². The second-order valence-electron chi connectivity index (χ2n) is 4.31. The summed E-state index contributed by atoms with van der Waals surface area (Å²) in [6.07, 6.45) is 3.66. The number of aryl methyl sites for hydroxylation is 1. The van der Waals surface area contributed by atoms with Gasteiger partial charge in [0, 0.05) is 5.69 Å². The number of hydrogen-bond acceptors (Lipinski definition) is 2. The zero-order valence-corrected chi connectivity index (χ0v) is 9.03. The Morgan fingerprint density at radius 3 is 2.80 bits per heavy atom. The molecule has 2 heteroatoms. The van der Waals surface area contributed by atoms with E-state index in [9.17, 15) is 0 Å². The Kier molecular flexibility index (Phi) is 2.91. The third kappa shape index (κ3) is 2.30. The number of anilines is 1. The molecular weight excluding hydrogens is 184 g/mol. The van der Waals surface area contributed by atoms with E-state index >= 15 is 0 Å². The van der Waals surface area contributed by atoms with Gasteiger partial charge in [0.1, 0.15) is 6.04 Å². The fourth-order valence-electron chi connectivity index (χ4n) is 1.94. The smallest absolute Gasteiger partial charge is 0.117 e. The van der Waals surface area contributed by atoms with E-state index in [0.717, 1.165) is 5.69 Å². The highest BCUT2D eigenvalue weighted by atomic mass is 14.9. The first-order valence-corrected chi connectivity index (χ1v) is 5.52. The Labute approximate surface area is 90.9 Å². The summed E-state index contributed by atoms with van der Waals surface area (Å²) in [5.41, 5.74) is 2.29. The van der Waals surface area contributed by atoms with Crippen LogP contribution in [0, 0.1) is 24.2 Å². The standard InChI is InChI=1S/C13H16N2/c1-10-4-2-7-12(8-10)15-13(9-14)11-5-3-6-11/h2,4,7-8,11,13,15H,3,5-6H2,1H3. The zero-order valence-electron chi connectivity index (χ0n) is 9.03. The molecule has 1 saturated carbocycles. The predicted molar refractivity (Wildman–Crippen MR) is 61.5 cm³/mol. The topological polar surface area (TPSA) is 35.8 Å². The van der Waals surface area contributed by atoms with Crippen LogP contribution in [0.5, 0.6) is 0 Å². The minimum Gasteiger partial charge on any atom is -0.370 e. The molecule has 78 valence electrons. The van der Waals surface area contributed by atoms with E-state index < -0.39 is 0 Å². The summed E-state index contributed by atoms with van der Waals surface area (Å²) in [4.78, 5) is 0. The Balaban J connectivity index is 2.03. The van der Waals surface area contributed by atoms with Crippen LogP contribution in [0.25, 0.3) is 0 Å². The molecule has 0 aromatic heterocycles. The highest BCUT2D eigenvalue weighted by Crippen LogP contribution is 2.31. The minimum absolute atomic E-state index is 0.0134. The van der Waals surface area contributed by atoms with Gasteiger partial charge in [0.05, 0.1) is 6.07 Å². The molecule has 0 bridgehead atoms. The Bertz CT molecular complexity index is 374. The van der Waals surface area contributed by atoms with E-state index in [1.807, 2.05) is 12.1 Å². The van der Waals surface area contributed by atoms with Crippen molar-refractivity contribution < 1.29 is 0 Å². The van der Waals surface area contributed by atoms with Crippen molar-refractivity contribution in [1.29, 1.82) is 5.26 Å². The van der Waals surface area contributed by atoms with E-state index in [1.54, 1.807) is 0 Å². The molecule has 0 saturated heterocycles. The molecule has 1 fully saturated rings. The van der Waals surface area contributed by atoms with Crippen molar-refractivity contribution in [2.75, 3.05) is 5.32 Å². The number of nitriles is 1. The van der Waals surface area contributed by atoms with Gasteiger partial charge < -0.3 is 5.32 Å². The third-order valence-corrected chi connectivity index (χ3v) is 3.10. The molecule has 1 aromatic rings. The molecule has 2 nitrogen and oxygen atoms in total. The van der Waals surface area contributed by atoms with E-state index in [-0.39, 0.29) is 6.04 Å². The van der Waals surface area contributed by atoms with Crippen molar-refractivity contribution in [3.05, 3.63) is 29.8 Å². The second kappa shape index (κ2) is 4.35. The molecule has 1 atom stereocenters. The van der Waals surface area contributed by atoms with Gasteiger partial charge >= 0.3 is 0 Å². The van der Waals surface area contributed by atoms with Crippen molar-refractivity contribution >= 4 is 5.69 Å². The quantitative estimate of drug-likeness (QED) is 0.813. The van der Waals surface area contributed by atoms with E-state index in [1.165, 1.54) is 24.8 Å². The normalized spacial score (nSPS) is 17.6. The lowest BCUT2D eigenvalue weighted by Gasteiger charge is -2.30. The number of nitrogens with zero attached hydrogens (tertiary/aromatic N) is 1. The molecule has 0 spiro atoms. The Hall–Kier alpha value is -1.49. The zero-order chi connectivity index (χ0) is 10.7. The van der Waals surface area contributed by atoms with Crippen molar-refractivity contribution in [2.24, 2.45) is 5.92 Å². The molecule has 1 aromatic carbocycles. The second-order valence-corrected chi connectivity index (χ2v) is 4.31.